The second-order valence-electron chi connectivity index (χ2n) is 8.97. The lowest BCUT2D eigenvalue weighted by Crippen LogP contribution is -2.64. The van der Waals surface area contributed by atoms with Gasteiger partial charge in [-0.1, -0.05) is 6.55 Å². The van der Waals surface area contributed by atoms with Gasteiger partial charge >= 0.3 is 5.97 Å². The third-order valence-electron chi connectivity index (χ3n) is 6.79. The van der Waals surface area contributed by atoms with Crippen LogP contribution in [0.4, 0.5) is 11.4 Å². The predicted octanol–water partition coefficient (Wildman–Crippen LogP) is 1.53. The number of carboxylic acid groups (broad SMARTS) is 1. The lowest BCUT2D eigenvalue weighted by atomic mass is 10.0. The number of benzene rings is 2. The van der Waals surface area contributed by atoms with Crippen molar-refractivity contribution in [2.24, 2.45) is 4.99 Å². The highest BCUT2D eigenvalue weighted by Crippen LogP contribution is 2.25. The summed E-state index contributed by atoms with van der Waals surface area (Å²) in [5, 5.41) is 14.4. The van der Waals surface area contributed by atoms with E-state index < -0.39 is 14.0 Å². The lowest BCUT2D eigenvalue weighted by molar-refractivity contribution is -0.137. The quantitative estimate of drug-likeness (QED) is 0.567. The summed E-state index contributed by atoms with van der Waals surface area (Å²) in [4.78, 5) is 18.5. The van der Waals surface area contributed by atoms with E-state index in [0.29, 0.717) is 6.42 Å². The SMILES string of the molecule is CC[N+]1=c2cc3c(cc2CCC1)=Nc1ccc(N(C)C)cc1[Si]3(C)CCCC(=O)O. The molecule has 2 aliphatic rings. The van der Waals surface area contributed by atoms with Gasteiger partial charge in [-0.15, -0.1) is 0 Å². The fourth-order valence-corrected chi connectivity index (χ4v) is 9.07. The van der Waals surface area contributed by atoms with Crippen LogP contribution in [0.1, 0.15) is 31.7 Å². The van der Waals surface area contributed by atoms with Crippen LogP contribution in [0.2, 0.25) is 12.6 Å². The number of hydrogen-bond acceptors (Lipinski definition) is 3. The van der Waals surface area contributed by atoms with Crippen molar-refractivity contribution in [2.75, 3.05) is 32.1 Å². The number of carboxylic acids is 1. The molecule has 0 saturated carbocycles. The monoisotopic (exact) mass is 422 g/mol. The van der Waals surface area contributed by atoms with Gasteiger partial charge in [-0.2, -0.15) is 0 Å². The molecule has 2 aromatic rings. The minimum atomic E-state index is -2.13. The first kappa shape index (κ1) is 20.8. The molecule has 2 aliphatic heterocycles. The maximum atomic E-state index is 11.2. The molecule has 0 fully saturated rings. The van der Waals surface area contributed by atoms with Crippen LogP contribution in [0, 0.1) is 0 Å². The van der Waals surface area contributed by atoms with Crippen LogP contribution in [-0.4, -0.2) is 46.3 Å². The summed E-state index contributed by atoms with van der Waals surface area (Å²) in [6, 6.07) is 12.2. The Morgan fingerprint density at radius 3 is 2.73 bits per heavy atom. The van der Waals surface area contributed by atoms with Gasteiger partial charge in [0.2, 0.25) is 5.36 Å². The summed E-state index contributed by atoms with van der Waals surface area (Å²) < 4.78 is 2.48. The van der Waals surface area contributed by atoms with Crippen molar-refractivity contribution in [3.8, 4) is 0 Å². The number of aryl methyl sites for hydroxylation is 1. The summed E-state index contributed by atoms with van der Waals surface area (Å²) in [6.07, 6.45) is 3.23. The lowest BCUT2D eigenvalue weighted by Gasteiger charge is -2.33. The van der Waals surface area contributed by atoms with Crippen molar-refractivity contribution in [1.29, 1.82) is 0 Å². The topological polar surface area (TPSA) is 55.9 Å². The minimum Gasteiger partial charge on any atom is -0.481 e. The summed E-state index contributed by atoms with van der Waals surface area (Å²) >= 11 is 0. The number of anilines is 1. The van der Waals surface area contributed by atoms with Crippen LogP contribution in [0.15, 0.2) is 35.3 Å². The molecule has 5 nitrogen and oxygen atoms in total. The van der Waals surface area contributed by atoms with Gasteiger partial charge in [0.15, 0.2) is 0 Å². The summed E-state index contributed by atoms with van der Waals surface area (Å²) in [7, 11) is 1.99. The normalized spacial score (nSPS) is 19.4. The van der Waals surface area contributed by atoms with Crippen LogP contribution in [0.25, 0.3) is 0 Å². The molecule has 1 unspecified atom stereocenters. The van der Waals surface area contributed by atoms with Gasteiger partial charge < -0.3 is 10.0 Å². The van der Waals surface area contributed by atoms with Gasteiger partial charge in [-0.05, 0) is 60.4 Å². The molecule has 0 aromatic heterocycles. The van der Waals surface area contributed by atoms with E-state index in [0.717, 1.165) is 36.6 Å². The Morgan fingerprint density at radius 1 is 1.23 bits per heavy atom. The highest BCUT2D eigenvalue weighted by atomic mass is 28.3. The number of nitrogens with zero attached hydrogens (tertiary/aromatic N) is 3. The van der Waals surface area contributed by atoms with Crippen LogP contribution >= 0.6 is 0 Å². The second-order valence-corrected chi connectivity index (χ2v) is 13.2. The van der Waals surface area contributed by atoms with E-state index in [1.54, 1.807) is 0 Å². The third kappa shape index (κ3) is 3.58. The third-order valence-corrected chi connectivity index (χ3v) is 11.3. The fourth-order valence-electron chi connectivity index (χ4n) is 5.04. The molecule has 158 valence electrons. The van der Waals surface area contributed by atoms with Gasteiger partial charge in [0.25, 0.3) is 0 Å². The Hall–Kier alpha value is -2.47. The molecule has 6 heteroatoms. The molecule has 1 N–H and O–H groups in total. The van der Waals surface area contributed by atoms with E-state index in [1.807, 2.05) is 0 Å². The zero-order chi connectivity index (χ0) is 21.5. The minimum absolute atomic E-state index is 0.226. The van der Waals surface area contributed by atoms with Gasteiger partial charge in [0, 0.05) is 44.3 Å². The van der Waals surface area contributed by atoms with Crippen LogP contribution in [0.5, 0.6) is 0 Å². The zero-order valence-corrected chi connectivity index (χ0v) is 19.5. The number of aliphatic carboxylic acids is 1. The molecular formula is C24H32N3O2Si+. The van der Waals surface area contributed by atoms with E-state index in [-0.39, 0.29) is 6.42 Å². The average molecular weight is 423 g/mol. The van der Waals surface area contributed by atoms with E-state index in [9.17, 15) is 9.90 Å². The fraction of sp³-hybridized carbons (Fsp3) is 0.458. The molecular weight excluding hydrogens is 390 g/mol. The van der Waals surface area contributed by atoms with E-state index in [2.05, 4.69) is 67.4 Å². The Labute approximate surface area is 179 Å². The molecule has 30 heavy (non-hydrogen) atoms. The van der Waals surface area contributed by atoms with Crippen molar-refractivity contribution < 1.29 is 9.90 Å². The van der Waals surface area contributed by atoms with E-state index in [1.165, 1.54) is 33.4 Å². The summed E-state index contributed by atoms with van der Waals surface area (Å²) in [5.74, 6) is -0.710. The first-order valence-corrected chi connectivity index (χ1v) is 13.7. The largest absolute Gasteiger partial charge is 0.481 e. The predicted molar refractivity (Wildman–Crippen MR) is 125 cm³/mol. The van der Waals surface area contributed by atoms with E-state index in [4.69, 9.17) is 4.99 Å². The molecule has 0 saturated heterocycles. The highest BCUT2D eigenvalue weighted by molar-refractivity contribution is 7.02. The van der Waals surface area contributed by atoms with Crippen molar-refractivity contribution in [3.63, 3.8) is 0 Å². The Bertz CT molecular complexity index is 1130. The molecule has 0 aliphatic carbocycles. The molecule has 0 amide bonds. The Kier molecular flexibility index (Phi) is 5.53. The summed E-state index contributed by atoms with van der Waals surface area (Å²) in [6.45, 7) is 6.76. The molecule has 2 aromatic carbocycles. The zero-order valence-electron chi connectivity index (χ0n) is 18.5. The smallest absolute Gasteiger partial charge is 0.303 e. The molecule has 1 atom stereocenters. The number of fused-ring (bicyclic) bond motifs is 3. The van der Waals surface area contributed by atoms with Crippen molar-refractivity contribution >= 4 is 35.8 Å². The number of hydrogen-bond donors (Lipinski definition) is 1. The molecule has 0 spiro atoms. The standard InChI is InChI=1S/C24H31N3O2Si/c1-5-27-12-6-8-17-14-20-23(16-21(17)27)30(4,13-7-9-24(28)29)22-15-18(26(2)3)10-11-19(22)25-20/h10-11,14-16H,5-9,12-13H2,1-4H3/p+1. The highest BCUT2D eigenvalue weighted by Gasteiger charge is 2.38. The molecule has 4 rings (SSSR count). The van der Waals surface area contributed by atoms with Gasteiger partial charge in [0.05, 0.1) is 11.0 Å². The van der Waals surface area contributed by atoms with Gasteiger partial charge in [-0.3, -0.25) is 4.79 Å². The van der Waals surface area contributed by atoms with E-state index >= 15 is 0 Å². The van der Waals surface area contributed by atoms with Crippen LogP contribution in [0.3, 0.4) is 0 Å². The maximum absolute atomic E-state index is 11.2. The first-order chi connectivity index (χ1) is 14.3. The molecule has 0 radical (unpaired) electrons. The van der Waals surface area contributed by atoms with Crippen LogP contribution in [-0.2, 0) is 11.2 Å². The Balaban J connectivity index is 1.96. The maximum Gasteiger partial charge on any atom is 0.303 e. The summed E-state index contributed by atoms with van der Waals surface area (Å²) in [5.41, 5.74) is 3.65. The van der Waals surface area contributed by atoms with Gasteiger partial charge in [-0.25, -0.2) is 9.57 Å². The van der Waals surface area contributed by atoms with Crippen molar-refractivity contribution in [1.82, 2.24) is 4.58 Å². The van der Waals surface area contributed by atoms with Crippen LogP contribution < -0.4 is 30.6 Å². The van der Waals surface area contributed by atoms with Crippen molar-refractivity contribution in [2.45, 2.75) is 45.2 Å². The van der Waals surface area contributed by atoms with Gasteiger partial charge in [0.1, 0.15) is 21.2 Å². The van der Waals surface area contributed by atoms with Crippen molar-refractivity contribution in [3.05, 3.63) is 46.6 Å². The molecule has 0 bridgehead atoms. The average Bonchev–Trinajstić information content (AvgIpc) is 2.72. The molecule has 2 heterocycles. The number of rotatable bonds is 6. The second kappa shape index (κ2) is 7.98. The first-order valence-electron chi connectivity index (χ1n) is 11.0. The Morgan fingerprint density at radius 2 is 2.03 bits per heavy atom. The number of carbonyl (C=O) groups is 1.